The number of nitrogens with one attached hydrogen (secondary N) is 1. The van der Waals surface area contributed by atoms with Crippen LogP contribution in [-0.4, -0.2) is 36.1 Å². The summed E-state index contributed by atoms with van der Waals surface area (Å²) in [5.74, 6) is 0.213. The van der Waals surface area contributed by atoms with E-state index >= 15 is 0 Å². The number of urea groups is 1. The van der Waals surface area contributed by atoms with Crippen molar-refractivity contribution in [3.63, 3.8) is 0 Å². The lowest BCUT2D eigenvalue weighted by molar-refractivity contribution is 0.148. The molecule has 3 rings (SSSR count). The molecule has 4 N–H and O–H groups in total. The Hall–Kier alpha value is -3.56. The lowest BCUT2D eigenvalue weighted by Crippen LogP contribution is -2.16. The molecule has 1 aromatic rings. The van der Waals surface area contributed by atoms with Gasteiger partial charge in [0.1, 0.15) is 5.69 Å². The molecule has 0 saturated carbocycles. The van der Waals surface area contributed by atoms with E-state index in [0.29, 0.717) is 15.9 Å². The Morgan fingerprint density at radius 1 is 1.36 bits per heavy atom. The van der Waals surface area contributed by atoms with E-state index in [1.54, 1.807) is 12.1 Å². The molecule has 0 spiro atoms. The van der Waals surface area contributed by atoms with Gasteiger partial charge >= 0.3 is 6.03 Å². The zero-order valence-electron chi connectivity index (χ0n) is 11.1. The molecular formula is C12H10N8O2. The summed E-state index contributed by atoms with van der Waals surface area (Å²) in [6, 6.07) is 3.95. The number of carbonyl (C=O) groups excluding carboxylic acids is 1. The average molecular weight is 298 g/mol. The number of rotatable bonds is 1. The Kier molecular flexibility index (Phi) is 3.32. The highest BCUT2D eigenvalue weighted by atomic mass is 16.5. The molecule has 0 aromatic carbocycles. The number of benzene rings is 1. The molecule has 2 amide bonds. The fourth-order valence-electron chi connectivity index (χ4n) is 1.75. The summed E-state index contributed by atoms with van der Waals surface area (Å²) >= 11 is 0. The first kappa shape index (κ1) is 13.4. The summed E-state index contributed by atoms with van der Waals surface area (Å²) in [4.78, 5) is 27.9. The third kappa shape index (κ3) is 2.80. The molecule has 0 unspecified atom stereocenters. The van der Waals surface area contributed by atoms with Gasteiger partial charge in [-0.05, 0) is 18.2 Å². The molecule has 0 bridgehead atoms. The second-order valence-electron chi connectivity index (χ2n) is 4.17. The van der Waals surface area contributed by atoms with Crippen LogP contribution in [0.25, 0.3) is 11.4 Å². The van der Waals surface area contributed by atoms with Gasteiger partial charge in [-0.3, -0.25) is 10.3 Å². The fraction of sp³-hybridized carbons (Fsp3) is 0. The molecule has 10 nitrogen and oxygen atoms in total. The van der Waals surface area contributed by atoms with Crippen molar-refractivity contribution in [2.75, 3.05) is 11.1 Å². The first-order valence-electron chi connectivity index (χ1n) is 6.09. The molecule has 2 heterocycles. The summed E-state index contributed by atoms with van der Waals surface area (Å²) in [5.41, 5.74) is 6.11. The number of nitrogens with two attached hydrogens (primary N) is 1. The Balaban J connectivity index is 1.93. The van der Waals surface area contributed by atoms with Crippen molar-refractivity contribution in [1.82, 2.24) is 24.9 Å². The van der Waals surface area contributed by atoms with Gasteiger partial charge in [0.25, 0.3) is 0 Å². The number of amides is 2. The van der Waals surface area contributed by atoms with Gasteiger partial charge in [0.2, 0.25) is 5.95 Å². The smallest absolute Gasteiger partial charge is 0.347 e. The van der Waals surface area contributed by atoms with Crippen LogP contribution in [0.4, 0.5) is 16.6 Å². The van der Waals surface area contributed by atoms with Crippen LogP contribution in [0, 0.1) is 0 Å². The maximum Gasteiger partial charge on any atom is 0.347 e. The van der Waals surface area contributed by atoms with E-state index in [1.165, 1.54) is 24.7 Å². The molecule has 0 radical (unpaired) electrons. The second-order valence-corrected chi connectivity index (χ2v) is 4.17. The molecule has 0 saturated heterocycles. The number of fused-ring (bicyclic) bond motifs is 1. The van der Waals surface area contributed by atoms with Crippen LogP contribution in [-0.2, 0) is 0 Å². The highest BCUT2D eigenvalue weighted by Gasteiger charge is 2.10. The highest BCUT2D eigenvalue weighted by molar-refractivity contribution is 5.88. The molecule has 2 aliphatic rings. The van der Waals surface area contributed by atoms with Crippen LogP contribution >= 0.6 is 0 Å². The van der Waals surface area contributed by atoms with Crippen LogP contribution in [0.1, 0.15) is 0 Å². The van der Waals surface area contributed by atoms with Crippen molar-refractivity contribution in [2.45, 2.75) is 0 Å². The Bertz CT molecular complexity index is 861. The highest BCUT2D eigenvalue weighted by Crippen LogP contribution is 2.14. The molecule has 1 aliphatic carbocycles. The van der Waals surface area contributed by atoms with E-state index in [9.17, 15) is 10.0 Å². The quantitative estimate of drug-likeness (QED) is 0.541. The summed E-state index contributed by atoms with van der Waals surface area (Å²) in [5, 5.41) is 16.0. The molecule has 0 atom stereocenters. The van der Waals surface area contributed by atoms with Crippen molar-refractivity contribution < 1.29 is 10.0 Å². The van der Waals surface area contributed by atoms with Crippen molar-refractivity contribution in [3.05, 3.63) is 42.1 Å². The summed E-state index contributed by atoms with van der Waals surface area (Å²) < 4.78 is 0. The maximum absolute atomic E-state index is 11.8. The molecule has 0 fully saturated rings. The molecule has 1 aromatic heterocycles. The SMILES string of the molecule is Nc1nc2cc/c(=N\C(=O)Nc3cnccn3)cc-2n(O)n1. The molecule has 1 aliphatic heterocycles. The number of hydrogen-bond donors (Lipinski definition) is 3. The number of aromatic nitrogens is 5. The number of nitrogen functional groups attached to an aromatic ring is 1. The van der Waals surface area contributed by atoms with E-state index in [0.717, 1.165) is 0 Å². The van der Waals surface area contributed by atoms with Crippen LogP contribution < -0.4 is 16.4 Å². The van der Waals surface area contributed by atoms with Gasteiger partial charge in [0.05, 0.1) is 17.2 Å². The molecule has 22 heavy (non-hydrogen) atoms. The summed E-state index contributed by atoms with van der Waals surface area (Å²) in [6.07, 6.45) is 4.33. The van der Waals surface area contributed by atoms with Crippen LogP contribution in [0.2, 0.25) is 0 Å². The zero-order valence-corrected chi connectivity index (χ0v) is 11.1. The predicted molar refractivity (Wildman–Crippen MR) is 74.9 cm³/mol. The van der Waals surface area contributed by atoms with E-state index in [1.807, 2.05) is 0 Å². The van der Waals surface area contributed by atoms with Crippen molar-refractivity contribution >= 4 is 17.8 Å². The first-order chi connectivity index (χ1) is 10.6. The number of hydrogen-bond acceptors (Lipinski definition) is 7. The van der Waals surface area contributed by atoms with E-state index in [4.69, 9.17) is 5.73 Å². The lowest BCUT2D eigenvalue weighted by Gasteiger charge is -2.07. The molecule has 10 heteroatoms. The minimum Gasteiger partial charge on any atom is -0.411 e. The van der Waals surface area contributed by atoms with Crippen molar-refractivity contribution in [1.29, 1.82) is 0 Å². The normalized spacial score (nSPS) is 11.5. The van der Waals surface area contributed by atoms with Gasteiger partial charge in [-0.1, -0.05) is 9.94 Å². The third-order valence-electron chi connectivity index (χ3n) is 2.64. The van der Waals surface area contributed by atoms with Crippen molar-refractivity contribution in [2.24, 2.45) is 4.99 Å². The van der Waals surface area contributed by atoms with Crippen molar-refractivity contribution in [3.8, 4) is 11.4 Å². The predicted octanol–water partition coefficient (Wildman–Crippen LogP) is 0.125. The van der Waals surface area contributed by atoms with Crippen LogP contribution in [0.15, 0.2) is 41.8 Å². The van der Waals surface area contributed by atoms with Gasteiger partial charge < -0.3 is 10.9 Å². The Morgan fingerprint density at radius 2 is 2.23 bits per heavy atom. The summed E-state index contributed by atoms with van der Waals surface area (Å²) in [7, 11) is 0. The average Bonchev–Trinajstić information content (AvgIpc) is 2.49. The first-order valence-corrected chi connectivity index (χ1v) is 6.09. The van der Waals surface area contributed by atoms with Gasteiger partial charge in [0, 0.05) is 12.4 Å². The molecule has 110 valence electrons. The topological polar surface area (TPSA) is 144 Å². The Labute approximate surface area is 123 Å². The minimum absolute atomic E-state index is 0.0694. The monoisotopic (exact) mass is 298 g/mol. The van der Waals surface area contributed by atoms with Crippen LogP contribution in [0.5, 0.6) is 0 Å². The maximum atomic E-state index is 11.8. The van der Waals surface area contributed by atoms with E-state index in [2.05, 4.69) is 30.4 Å². The number of anilines is 2. The molecular weight excluding hydrogens is 288 g/mol. The van der Waals surface area contributed by atoms with Gasteiger partial charge in [-0.25, -0.2) is 14.8 Å². The van der Waals surface area contributed by atoms with Gasteiger partial charge in [-0.15, -0.1) is 0 Å². The second kappa shape index (κ2) is 5.44. The Morgan fingerprint density at radius 3 is 3.00 bits per heavy atom. The van der Waals surface area contributed by atoms with Crippen LogP contribution in [0.3, 0.4) is 0 Å². The van der Waals surface area contributed by atoms with Gasteiger partial charge in [0.15, 0.2) is 5.82 Å². The third-order valence-corrected chi connectivity index (χ3v) is 2.64. The summed E-state index contributed by atoms with van der Waals surface area (Å²) in [6.45, 7) is 0. The van der Waals surface area contributed by atoms with E-state index < -0.39 is 6.03 Å². The lowest BCUT2D eigenvalue weighted by atomic mass is 10.2. The number of nitrogens with zero attached hydrogens (tertiary/aromatic N) is 6. The largest absolute Gasteiger partial charge is 0.411 e. The fourth-order valence-corrected chi connectivity index (χ4v) is 1.75. The van der Waals surface area contributed by atoms with E-state index in [-0.39, 0.29) is 17.5 Å². The minimum atomic E-state index is -0.624. The number of carbonyl (C=O) groups is 1. The standard InChI is InChI=1S/C12H10N8O2/c13-11-17-8-2-1-7(5-9(8)20(22)19-11)16-12(21)18-10-6-14-3-4-15-10/h1-6,22H,(H2,13,19)(H,15,18,21)/b16-7+. The zero-order chi connectivity index (χ0) is 15.5. The van der Waals surface area contributed by atoms with Gasteiger partial charge in [-0.2, -0.15) is 4.99 Å².